The molecule has 0 aromatic carbocycles. The molecule has 1 heterocycles. The summed E-state index contributed by atoms with van der Waals surface area (Å²) < 4.78 is 25.2. The number of hydrogen-bond acceptors (Lipinski definition) is 1. The van der Waals surface area contributed by atoms with Gasteiger partial charge < -0.3 is 5.32 Å². The van der Waals surface area contributed by atoms with Crippen LogP contribution in [0.3, 0.4) is 0 Å². The Kier molecular flexibility index (Phi) is 2.22. The zero-order valence-electron chi connectivity index (χ0n) is 6.16. The fourth-order valence-corrected chi connectivity index (χ4v) is 1.00. The van der Waals surface area contributed by atoms with Gasteiger partial charge in [0, 0.05) is 0 Å². The van der Waals surface area contributed by atoms with Gasteiger partial charge in [0.15, 0.2) is 5.83 Å². The van der Waals surface area contributed by atoms with E-state index in [2.05, 4.69) is 5.32 Å². The lowest BCUT2D eigenvalue weighted by molar-refractivity contribution is -0.122. The first-order chi connectivity index (χ1) is 5.15. The minimum atomic E-state index is -0.930. The predicted octanol–water partition coefficient (Wildman–Crippen LogP) is 1.44. The van der Waals surface area contributed by atoms with Crippen molar-refractivity contribution in [3.05, 3.63) is 11.7 Å². The maximum atomic E-state index is 12.7. The monoisotopic (exact) mass is 161 g/mol. The number of amides is 1. The van der Waals surface area contributed by atoms with E-state index >= 15 is 0 Å². The number of carbonyl (C=O) groups is 1. The first-order valence-electron chi connectivity index (χ1n) is 3.48. The van der Waals surface area contributed by atoms with Gasteiger partial charge in [0.2, 0.25) is 5.91 Å². The van der Waals surface area contributed by atoms with E-state index in [0.717, 1.165) is 0 Å². The fraction of sp³-hybridized carbons (Fsp3) is 0.571. The zero-order chi connectivity index (χ0) is 8.43. The van der Waals surface area contributed by atoms with E-state index in [4.69, 9.17) is 0 Å². The molecule has 1 atom stereocenters. The largest absolute Gasteiger partial charge is 0.346 e. The topological polar surface area (TPSA) is 29.1 Å². The van der Waals surface area contributed by atoms with Gasteiger partial charge >= 0.3 is 0 Å². The first kappa shape index (κ1) is 8.17. The second-order valence-corrected chi connectivity index (χ2v) is 2.46. The van der Waals surface area contributed by atoms with Crippen LogP contribution in [0.5, 0.6) is 0 Å². The molecule has 0 radical (unpaired) electrons. The quantitative estimate of drug-likeness (QED) is 0.619. The van der Waals surface area contributed by atoms with Crippen molar-refractivity contribution in [2.75, 3.05) is 0 Å². The molecule has 0 fully saturated rings. The molecule has 1 N–H and O–H groups in total. The summed E-state index contributed by atoms with van der Waals surface area (Å²) in [6, 6.07) is -0.753. The van der Waals surface area contributed by atoms with Gasteiger partial charge in [-0.2, -0.15) is 0 Å². The Morgan fingerprint density at radius 3 is 2.82 bits per heavy atom. The van der Waals surface area contributed by atoms with Crippen LogP contribution in [0.2, 0.25) is 0 Å². The number of rotatable bonds is 1. The summed E-state index contributed by atoms with van der Waals surface area (Å²) >= 11 is 0. The molecule has 1 aliphatic heterocycles. The summed E-state index contributed by atoms with van der Waals surface area (Å²) in [5.41, 5.74) is 0. The highest BCUT2D eigenvalue weighted by Crippen LogP contribution is 2.21. The van der Waals surface area contributed by atoms with Crippen LogP contribution in [0.15, 0.2) is 11.7 Å². The summed E-state index contributed by atoms with van der Waals surface area (Å²) in [4.78, 5) is 10.6. The average molecular weight is 161 g/mol. The summed E-state index contributed by atoms with van der Waals surface area (Å²) in [5.74, 6) is -2.21. The Labute approximate surface area is 63.3 Å². The Balaban J connectivity index is 2.82. The van der Waals surface area contributed by atoms with E-state index in [-0.39, 0.29) is 0 Å². The van der Waals surface area contributed by atoms with Crippen LogP contribution < -0.4 is 5.32 Å². The molecule has 4 heteroatoms. The molecule has 2 nitrogen and oxygen atoms in total. The molecule has 0 bridgehead atoms. The van der Waals surface area contributed by atoms with E-state index in [0.29, 0.717) is 6.42 Å². The molecule has 11 heavy (non-hydrogen) atoms. The first-order valence-corrected chi connectivity index (χ1v) is 3.48. The van der Waals surface area contributed by atoms with Crippen LogP contribution in [0.25, 0.3) is 0 Å². The maximum absolute atomic E-state index is 12.7. The Bertz CT molecular complexity index is 212. The third-order valence-corrected chi connectivity index (χ3v) is 1.62. The SMILES string of the molecule is CCC1NC(=O)CC(F)=C1F. The summed E-state index contributed by atoms with van der Waals surface area (Å²) in [6.07, 6.45) is -0.0761. The Morgan fingerprint density at radius 1 is 1.64 bits per heavy atom. The van der Waals surface area contributed by atoms with Crippen LogP contribution in [0, 0.1) is 0 Å². The van der Waals surface area contributed by atoms with Crippen LogP contribution in [0.1, 0.15) is 19.8 Å². The second-order valence-electron chi connectivity index (χ2n) is 2.46. The van der Waals surface area contributed by atoms with Crippen LogP contribution in [-0.2, 0) is 4.79 Å². The van der Waals surface area contributed by atoms with Gasteiger partial charge in [-0.05, 0) is 6.42 Å². The molecule has 0 saturated heterocycles. The predicted molar refractivity (Wildman–Crippen MR) is 36.1 cm³/mol. The molecular weight excluding hydrogens is 152 g/mol. The minimum absolute atomic E-state index is 0.380. The molecule has 0 saturated carbocycles. The highest BCUT2D eigenvalue weighted by Gasteiger charge is 2.26. The van der Waals surface area contributed by atoms with Crippen molar-refractivity contribution in [1.82, 2.24) is 5.32 Å². The third kappa shape index (κ3) is 1.56. The van der Waals surface area contributed by atoms with Gasteiger partial charge in [-0.15, -0.1) is 0 Å². The van der Waals surface area contributed by atoms with Crippen LogP contribution in [-0.4, -0.2) is 11.9 Å². The van der Waals surface area contributed by atoms with Crippen molar-refractivity contribution in [3.63, 3.8) is 0 Å². The van der Waals surface area contributed by atoms with Crippen molar-refractivity contribution in [3.8, 4) is 0 Å². The average Bonchev–Trinajstić information content (AvgIpc) is 1.96. The van der Waals surface area contributed by atoms with Gasteiger partial charge in [0.1, 0.15) is 5.83 Å². The van der Waals surface area contributed by atoms with Gasteiger partial charge in [-0.25, -0.2) is 8.78 Å². The standard InChI is InChI=1S/C7H9F2NO/c1-2-5-7(9)4(8)3-6(11)10-5/h5H,2-3H2,1H3,(H,10,11). The molecular formula is C7H9F2NO. The summed E-state index contributed by atoms with van der Waals surface area (Å²) in [6.45, 7) is 1.68. The van der Waals surface area contributed by atoms with Crippen LogP contribution >= 0.6 is 0 Å². The summed E-state index contributed by atoms with van der Waals surface area (Å²) in [7, 11) is 0. The van der Waals surface area contributed by atoms with Crippen molar-refractivity contribution in [2.24, 2.45) is 0 Å². The molecule has 0 aromatic rings. The number of halogens is 2. The third-order valence-electron chi connectivity index (χ3n) is 1.62. The molecule has 1 amide bonds. The fourth-order valence-electron chi connectivity index (χ4n) is 1.00. The lowest BCUT2D eigenvalue weighted by atomic mass is 10.1. The zero-order valence-corrected chi connectivity index (χ0v) is 6.16. The van der Waals surface area contributed by atoms with E-state index in [1.54, 1.807) is 6.92 Å². The molecule has 0 spiro atoms. The number of nitrogens with one attached hydrogen (secondary N) is 1. The van der Waals surface area contributed by atoms with Crippen molar-refractivity contribution >= 4 is 5.91 Å². The van der Waals surface area contributed by atoms with E-state index in [1.165, 1.54) is 0 Å². The summed E-state index contributed by atoms with van der Waals surface area (Å²) in [5, 5.41) is 2.33. The highest BCUT2D eigenvalue weighted by atomic mass is 19.2. The number of hydrogen-bond donors (Lipinski definition) is 1. The van der Waals surface area contributed by atoms with Gasteiger partial charge in [-0.1, -0.05) is 6.92 Å². The van der Waals surface area contributed by atoms with E-state index < -0.39 is 30.0 Å². The lowest BCUT2D eigenvalue weighted by Crippen LogP contribution is -2.38. The smallest absolute Gasteiger partial charge is 0.227 e. The Morgan fingerprint density at radius 2 is 2.27 bits per heavy atom. The Hall–Kier alpha value is -0.930. The van der Waals surface area contributed by atoms with Crippen molar-refractivity contribution < 1.29 is 13.6 Å². The van der Waals surface area contributed by atoms with Crippen molar-refractivity contribution in [1.29, 1.82) is 0 Å². The minimum Gasteiger partial charge on any atom is -0.346 e. The van der Waals surface area contributed by atoms with Gasteiger partial charge in [0.05, 0.1) is 12.5 Å². The maximum Gasteiger partial charge on any atom is 0.227 e. The molecule has 0 aromatic heterocycles. The van der Waals surface area contributed by atoms with Crippen LogP contribution in [0.4, 0.5) is 8.78 Å². The molecule has 1 rings (SSSR count). The molecule has 62 valence electrons. The lowest BCUT2D eigenvalue weighted by Gasteiger charge is -2.19. The van der Waals surface area contributed by atoms with Crippen molar-refractivity contribution in [2.45, 2.75) is 25.8 Å². The van der Waals surface area contributed by atoms with Gasteiger partial charge in [-0.3, -0.25) is 4.79 Å². The second kappa shape index (κ2) is 2.98. The molecule has 0 aliphatic carbocycles. The van der Waals surface area contributed by atoms with E-state index in [9.17, 15) is 13.6 Å². The van der Waals surface area contributed by atoms with Gasteiger partial charge in [0.25, 0.3) is 0 Å². The molecule has 1 aliphatic rings. The number of carbonyl (C=O) groups excluding carboxylic acids is 1. The highest BCUT2D eigenvalue weighted by molar-refractivity contribution is 5.80. The normalized spacial score (nSPS) is 25.4. The molecule has 1 unspecified atom stereocenters. The van der Waals surface area contributed by atoms with E-state index in [1.807, 2.05) is 0 Å².